The molecular weight excluding hydrogens is 548 g/mol. The standard InChI is InChI=1S/C25H20N4O8S2/c1-17-15-20(11-14-24(17)39(35,36)37-22-5-3-2-4-6-22)28-27-19-9-7-18(8-10-19)26-23-13-12-21(29(30)31)16-25(23)38(32,33)34/h2-16,26H,1H3,(H,32,33,34)/b28-27+. The number of para-hydroxylation sites is 1. The summed E-state index contributed by atoms with van der Waals surface area (Å²) in [5.41, 5.74) is 1.11. The molecule has 0 bridgehead atoms. The number of anilines is 2. The van der Waals surface area contributed by atoms with E-state index in [-0.39, 0.29) is 16.3 Å². The Hall–Kier alpha value is -4.66. The van der Waals surface area contributed by atoms with Crippen LogP contribution in [0, 0.1) is 17.0 Å². The van der Waals surface area contributed by atoms with Gasteiger partial charge in [-0.05, 0) is 73.2 Å². The quantitative estimate of drug-likeness (QED) is 0.0796. The molecule has 39 heavy (non-hydrogen) atoms. The normalized spacial score (nSPS) is 11.8. The molecule has 0 atom stereocenters. The zero-order valence-corrected chi connectivity index (χ0v) is 21.8. The van der Waals surface area contributed by atoms with Crippen molar-refractivity contribution >= 4 is 48.7 Å². The summed E-state index contributed by atoms with van der Waals surface area (Å²) in [7, 11) is -8.78. The lowest BCUT2D eigenvalue weighted by Crippen LogP contribution is -2.11. The van der Waals surface area contributed by atoms with Crippen molar-refractivity contribution in [2.24, 2.45) is 10.2 Å². The molecule has 0 spiro atoms. The Kier molecular flexibility index (Phi) is 7.71. The van der Waals surface area contributed by atoms with Crippen molar-refractivity contribution in [1.82, 2.24) is 0 Å². The van der Waals surface area contributed by atoms with Crippen molar-refractivity contribution in [1.29, 1.82) is 0 Å². The third-order valence-electron chi connectivity index (χ3n) is 5.26. The van der Waals surface area contributed by atoms with Crippen LogP contribution in [0.5, 0.6) is 5.75 Å². The SMILES string of the molecule is Cc1cc(/N=N/c2ccc(Nc3ccc([N+](=O)[O-])cc3S(=O)(=O)O)cc2)ccc1S(=O)(=O)Oc1ccccc1. The van der Waals surface area contributed by atoms with Crippen LogP contribution in [0.15, 0.2) is 111 Å². The monoisotopic (exact) mass is 568 g/mol. The second-order valence-corrected chi connectivity index (χ2v) is 11.0. The van der Waals surface area contributed by atoms with Crippen molar-refractivity contribution in [2.45, 2.75) is 16.7 Å². The minimum Gasteiger partial charge on any atom is -0.379 e. The van der Waals surface area contributed by atoms with E-state index in [1.54, 1.807) is 55.5 Å². The predicted molar refractivity (Wildman–Crippen MR) is 142 cm³/mol. The van der Waals surface area contributed by atoms with Crippen molar-refractivity contribution in [3.05, 3.63) is 107 Å². The zero-order valence-electron chi connectivity index (χ0n) is 20.1. The first-order valence-electron chi connectivity index (χ1n) is 11.1. The maximum absolute atomic E-state index is 12.6. The second kappa shape index (κ2) is 11.0. The smallest absolute Gasteiger partial charge is 0.339 e. The number of hydrogen-bond acceptors (Lipinski definition) is 10. The molecule has 2 N–H and O–H groups in total. The fourth-order valence-electron chi connectivity index (χ4n) is 3.45. The van der Waals surface area contributed by atoms with Gasteiger partial charge in [-0.2, -0.15) is 27.1 Å². The highest BCUT2D eigenvalue weighted by Crippen LogP contribution is 2.30. The first-order valence-corrected chi connectivity index (χ1v) is 13.9. The van der Waals surface area contributed by atoms with E-state index in [0.29, 0.717) is 22.6 Å². The van der Waals surface area contributed by atoms with Crippen LogP contribution in [0.25, 0.3) is 0 Å². The van der Waals surface area contributed by atoms with Crippen molar-refractivity contribution < 1.29 is 30.5 Å². The van der Waals surface area contributed by atoms with E-state index in [9.17, 15) is 31.5 Å². The van der Waals surface area contributed by atoms with Crippen LogP contribution in [0.4, 0.5) is 28.4 Å². The van der Waals surface area contributed by atoms with Crippen molar-refractivity contribution in [3.63, 3.8) is 0 Å². The summed E-state index contributed by atoms with van der Waals surface area (Å²) in [6.45, 7) is 1.61. The van der Waals surface area contributed by atoms with Crippen LogP contribution in [0.3, 0.4) is 0 Å². The molecule has 0 saturated carbocycles. The van der Waals surface area contributed by atoms with Crippen molar-refractivity contribution in [2.75, 3.05) is 5.32 Å². The summed E-state index contributed by atoms with van der Waals surface area (Å²) in [5.74, 6) is 0.196. The van der Waals surface area contributed by atoms with Gasteiger partial charge >= 0.3 is 10.1 Å². The molecular formula is C25H20N4O8S2. The molecule has 12 nitrogen and oxygen atoms in total. The maximum atomic E-state index is 12.6. The van der Waals surface area contributed by atoms with Gasteiger partial charge in [-0.25, -0.2) is 0 Å². The lowest BCUT2D eigenvalue weighted by molar-refractivity contribution is -0.385. The van der Waals surface area contributed by atoms with E-state index < -0.39 is 35.7 Å². The van der Waals surface area contributed by atoms with E-state index >= 15 is 0 Å². The molecule has 0 unspecified atom stereocenters. The van der Waals surface area contributed by atoms with Gasteiger partial charge in [-0.15, -0.1) is 0 Å². The van der Waals surface area contributed by atoms with Gasteiger partial charge in [0.2, 0.25) is 0 Å². The Morgan fingerprint density at radius 3 is 2.08 bits per heavy atom. The lowest BCUT2D eigenvalue weighted by Gasteiger charge is -2.10. The molecule has 0 aliphatic rings. The Morgan fingerprint density at radius 1 is 0.821 bits per heavy atom. The molecule has 0 heterocycles. The summed E-state index contributed by atoms with van der Waals surface area (Å²) < 4.78 is 63.3. The number of nitrogens with one attached hydrogen (secondary N) is 1. The predicted octanol–water partition coefficient (Wildman–Crippen LogP) is 6.08. The minimum absolute atomic E-state index is 0.00348. The molecule has 0 fully saturated rings. The van der Waals surface area contributed by atoms with Gasteiger partial charge < -0.3 is 9.50 Å². The first-order chi connectivity index (χ1) is 18.4. The molecule has 14 heteroatoms. The topological polar surface area (TPSA) is 178 Å². The number of non-ortho nitro benzene ring substituents is 1. The number of rotatable bonds is 9. The van der Waals surface area contributed by atoms with E-state index in [1.165, 1.54) is 30.3 Å². The first kappa shape index (κ1) is 27.4. The molecule has 0 aromatic heterocycles. The van der Waals surface area contributed by atoms with E-state index in [1.807, 2.05) is 0 Å². The van der Waals surface area contributed by atoms with Crippen LogP contribution in [-0.2, 0) is 20.2 Å². The van der Waals surface area contributed by atoms with Crippen LogP contribution >= 0.6 is 0 Å². The van der Waals surface area contributed by atoms with Crippen LogP contribution < -0.4 is 9.50 Å². The van der Waals surface area contributed by atoms with Gasteiger partial charge in [0.05, 0.1) is 22.0 Å². The molecule has 0 aliphatic carbocycles. The molecule has 0 saturated heterocycles. The molecule has 4 aromatic rings. The van der Waals surface area contributed by atoms with E-state index in [4.69, 9.17) is 4.18 Å². The molecule has 0 amide bonds. The average Bonchev–Trinajstić information content (AvgIpc) is 2.88. The Balaban J connectivity index is 1.48. The zero-order chi connectivity index (χ0) is 28.2. The maximum Gasteiger partial charge on any atom is 0.339 e. The molecule has 200 valence electrons. The van der Waals surface area contributed by atoms with Gasteiger partial charge in [0, 0.05) is 17.8 Å². The Morgan fingerprint density at radius 2 is 1.46 bits per heavy atom. The van der Waals surface area contributed by atoms with Gasteiger partial charge in [0.25, 0.3) is 15.8 Å². The summed E-state index contributed by atoms with van der Waals surface area (Å²) >= 11 is 0. The fourth-order valence-corrected chi connectivity index (χ4v) is 5.26. The summed E-state index contributed by atoms with van der Waals surface area (Å²) in [6.07, 6.45) is 0. The molecule has 4 rings (SSSR count). The largest absolute Gasteiger partial charge is 0.379 e. The van der Waals surface area contributed by atoms with E-state index in [0.717, 1.165) is 12.1 Å². The number of benzene rings is 4. The van der Waals surface area contributed by atoms with Gasteiger partial charge in [-0.3, -0.25) is 14.7 Å². The second-order valence-electron chi connectivity index (χ2n) is 8.08. The van der Waals surface area contributed by atoms with Crippen molar-refractivity contribution in [3.8, 4) is 5.75 Å². The van der Waals surface area contributed by atoms with Crippen LogP contribution in [0.2, 0.25) is 0 Å². The molecule has 0 radical (unpaired) electrons. The summed E-state index contributed by atoms with van der Waals surface area (Å²) in [6, 6.07) is 21.9. The van der Waals surface area contributed by atoms with Gasteiger partial charge in [0.1, 0.15) is 15.5 Å². The van der Waals surface area contributed by atoms with Crippen LogP contribution in [0.1, 0.15) is 5.56 Å². The average molecular weight is 569 g/mol. The molecule has 0 aliphatic heterocycles. The van der Waals surface area contributed by atoms with E-state index in [2.05, 4.69) is 15.5 Å². The highest BCUT2D eigenvalue weighted by molar-refractivity contribution is 7.87. The van der Waals surface area contributed by atoms with Gasteiger partial charge in [0.15, 0.2) is 0 Å². The van der Waals surface area contributed by atoms with Gasteiger partial charge in [-0.1, -0.05) is 18.2 Å². The highest BCUT2D eigenvalue weighted by Gasteiger charge is 2.21. The van der Waals surface area contributed by atoms with Crippen LogP contribution in [-0.4, -0.2) is 26.3 Å². The third-order valence-corrected chi connectivity index (χ3v) is 7.56. The third kappa shape index (κ3) is 6.81. The summed E-state index contributed by atoms with van der Waals surface area (Å²) in [5, 5.41) is 22.0. The summed E-state index contributed by atoms with van der Waals surface area (Å²) in [4.78, 5) is 9.54. The Labute approximate surface area is 223 Å². The number of azo groups is 1. The number of aryl methyl sites for hydroxylation is 1. The number of nitro benzene ring substituents is 1. The highest BCUT2D eigenvalue weighted by atomic mass is 32.2. The minimum atomic E-state index is -4.73. The number of hydrogen-bond donors (Lipinski definition) is 2. The Bertz CT molecular complexity index is 1780. The number of nitrogens with zero attached hydrogens (tertiary/aromatic N) is 3. The number of nitro groups is 1. The molecule has 4 aromatic carbocycles. The fraction of sp³-hybridized carbons (Fsp3) is 0.0400. The lowest BCUT2D eigenvalue weighted by atomic mass is 10.2.